The van der Waals surface area contributed by atoms with Crippen molar-refractivity contribution in [2.24, 2.45) is 34.5 Å². The van der Waals surface area contributed by atoms with Gasteiger partial charge in [0.15, 0.2) is 12.4 Å². The molecule has 9 atom stereocenters. The molecule has 0 aromatic heterocycles. The zero-order valence-corrected chi connectivity index (χ0v) is 27.6. The van der Waals surface area contributed by atoms with Crippen molar-refractivity contribution in [2.75, 3.05) is 13.2 Å². The average molecular weight is 646 g/mol. The number of Topliss-reactive ketones (excluding diaryl/α,β-unsaturated/α-hetero) is 1. The van der Waals surface area contributed by atoms with Crippen molar-refractivity contribution in [2.45, 2.75) is 128 Å². The summed E-state index contributed by atoms with van der Waals surface area (Å²) in [4.78, 5) is 62.5. The molecule has 0 aromatic rings. The highest BCUT2D eigenvalue weighted by Gasteiger charge is 2.68. The highest BCUT2D eigenvalue weighted by molar-refractivity contribution is 5.92. The molecule has 0 bridgehead atoms. The number of allylic oxidation sites excluding steroid dienone is 1. The van der Waals surface area contributed by atoms with Crippen LogP contribution in [0.5, 0.6) is 0 Å². The van der Waals surface area contributed by atoms with Crippen LogP contribution in [0.15, 0.2) is 11.6 Å². The lowest BCUT2D eigenvalue weighted by Crippen LogP contribution is -2.62. The lowest BCUT2D eigenvalue weighted by atomic mass is 9.45. The van der Waals surface area contributed by atoms with Gasteiger partial charge < -0.3 is 30.1 Å². The molecule has 1 saturated heterocycles. The molecule has 5 aliphatic rings. The third kappa shape index (κ3) is 6.43. The van der Waals surface area contributed by atoms with Gasteiger partial charge in [-0.25, -0.2) is 0 Å². The van der Waals surface area contributed by atoms with E-state index in [2.05, 4.69) is 12.2 Å². The maximum Gasteiger partial charge on any atom is 0.306 e. The molecule has 1 heterocycles. The van der Waals surface area contributed by atoms with E-state index in [0.717, 1.165) is 18.4 Å². The SMILES string of the molecule is CC1(C)C[C@@H]([C@@H](CC(=O)O)NC(=O)CCC(=O)OCC(=O)[C@@]2(O)CC[C@H]3[C@@H]4CCC5=CC(=O)CC[C@]5(C)[C@H]4[C@@H](O)C[C@@]32C)CCO1. The summed E-state index contributed by atoms with van der Waals surface area (Å²) < 4.78 is 11.0. The molecule has 5 rings (SSSR count). The van der Waals surface area contributed by atoms with Gasteiger partial charge in [0.1, 0.15) is 5.60 Å². The summed E-state index contributed by atoms with van der Waals surface area (Å²) in [5.41, 5.74) is -2.24. The number of ketones is 2. The van der Waals surface area contributed by atoms with Crippen LogP contribution in [0.3, 0.4) is 0 Å². The molecule has 0 unspecified atom stereocenters. The Hall–Kier alpha value is -2.63. The number of carboxylic acids is 1. The summed E-state index contributed by atoms with van der Waals surface area (Å²) in [5.74, 6) is -2.75. The number of ether oxygens (including phenoxy) is 2. The summed E-state index contributed by atoms with van der Waals surface area (Å²) in [5, 5.41) is 35.6. The first-order chi connectivity index (χ1) is 21.5. The van der Waals surface area contributed by atoms with Crippen LogP contribution in [-0.2, 0) is 33.4 Å². The quantitative estimate of drug-likeness (QED) is 0.258. The molecular weight excluding hydrogens is 594 g/mol. The molecule has 4 N–H and O–H groups in total. The Labute approximate surface area is 270 Å². The summed E-state index contributed by atoms with van der Waals surface area (Å²) in [6.45, 7) is 7.72. The molecule has 1 aliphatic heterocycles. The lowest BCUT2D eigenvalue weighted by Gasteiger charge is -2.60. The number of carboxylic acid groups (broad SMARTS) is 1. The Bertz CT molecular complexity index is 1290. The molecule has 0 aromatic carbocycles. The maximum absolute atomic E-state index is 13.5. The van der Waals surface area contributed by atoms with Crippen LogP contribution in [0.1, 0.15) is 105 Å². The first-order valence-corrected chi connectivity index (χ1v) is 17.0. The summed E-state index contributed by atoms with van der Waals surface area (Å²) >= 11 is 0. The van der Waals surface area contributed by atoms with Gasteiger partial charge in [0, 0.05) is 30.9 Å². The average Bonchev–Trinajstić information content (AvgIpc) is 3.24. The number of hydrogen-bond acceptors (Lipinski definition) is 9. The number of nitrogens with one attached hydrogen (secondary N) is 1. The molecule has 11 heteroatoms. The van der Waals surface area contributed by atoms with Crippen LogP contribution >= 0.6 is 0 Å². The first kappa shape index (κ1) is 34.7. The Morgan fingerprint density at radius 3 is 2.48 bits per heavy atom. The number of rotatable bonds is 10. The second-order valence-electron chi connectivity index (χ2n) is 15.7. The minimum atomic E-state index is -1.76. The molecule has 3 saturated carbocycles. The highest BCUT2D eigenvalue weighted by atomic mass is 16.5. The maximum atomic E-state index is 13.5. The number of fused-ring (bicyclic) bond motifs is 5. The number of amides is 1. The van der Waals surface area contributed by atoms with E-state index >= 15 is 0 Å². The van der Waals surface area contributed by atoms with E-state index in [1.807, 2.05) is 20.8 Å². The van der Waals surface area contributed by atoms with Gasteiger partial charge in [0.2, 0.25) is 11.7 Å². The van der Waals surface area contributed by atoms with E-state index in [-0.39, 0.29) is 67.0 Å². The zero-order chi connectivity index (χ0) is 33.7. The van der Waals surface area contributed by atoms with Crippen molar-refractivity contribution in [3.63, 3.8) is 0 Å². The molecule has 1 amide bonds. The highest BCUT2D eigenvalue weighted by Crippen LogP contribution is 2.67. The van der Waals surface area contributed by atoms with Gasteiger partial charge in [-0.3, -0.25) is 24.0 Å². The predicted molar refractivity (Wildman–Crippen MR) is 165 cm³/mol. The number of aliphatic carboxylic acids is 1. The summed E-state index contributed by atoms with van der Waals surface area (Å²) in [7, 11) is 0. The van der Waals surface area contributed by atoms with E-state index in [0.29, 0.717) is 38.7 Å². The number of carbonyl (C=O) groups is 5. The number of carbonyl (C=O) groups excluding carboxylic acids is 4. The Morgan fingerprint density at radius 1 is 1.04 bits per heavy atom. The number of esters is 1. The molecule has 4 fully saturated rings. The van der Waals surface area contributed by atoms with Gasteiger partial charge >= 0.3 is 11.9 Å². The van der Waals surface area contributed by atoms with E-state index in [4.69, 9.17) is 9.47 Å². The Morgan fingerprint density at radius 2 is 1.78 bits per heavy atom. The fraction of sp³-hybridized carbons (Fsp3) is 0.800. The largest absolute Gasteiger partial charge is 0.481 e. The monoisotopic (exact) mass is 645 g/mol. The van der Waals surface area contributed by atoms with Gasteiger partial charge in [0.05, 0.1) is 24.5 Å². The second kappa shape index (κ2) is 12.8. The molecule has 0 spiro atoms. The van der Waals surface area contributed by atoms with E-state index in [1.165, 1.54) is 0 Å². The predicted octanol–water partition coefficient (Wildman–Crippen LogP) is 3.28. The van der Waals surface area contributed by atoms with E-state index in [1.54, 1.807) is 6.08 Å². The first-order valence-electron chi connectivity index (χ1n) is 17.0. The van der Waals surface area contributed by atoms with Crippen molar-refractivity contribution >= 4 is 29.4 Å². The normalized spacial score (nSPS) is 38.8. The summed E-state index contributed by atoms with van der Waals surface area (Å²) in [6.07, 6.45) is 5.27. The van der Waals surface area contributed by atoms with E-state index in [9.17, 15) is 39.3 Å². The molecule has 256 valence electrons. The smallest absolute Gasteiger partial charge is 0.306 e. The van der Waals surface area contributed by atoms with Crippen LogP contribution in [-0.4, -0.2) is 81.3 Å². The van der Waals surface area contributed by atoms with Crippen LogP contribution in [0.4, 0.5) is 0 Å². The molecule has 0 radical (unpaired) electrons. The fourth-order valence-corrected chi connectivity index (χ4v) is 10.1. The Kier molecular flexibility index (Phi) is 9.63. The van der Waals surface area contributed by atoms with Crippen LogP contribution in [0, 0.1) is 34.5 Å². The minimum absolute atomic E-state index is 0.00491. The van der Waals surface area contributed by atoms with Crippen molar-refractivity contribution in [1.29, 1.82) is 0 Å². The molecule has 11 nitrogen and oxygen atoms in total. The molecule has 46 heavy (non-hydrogen) atoms. The Balaban J connectivity index is 1.16. The van der Waals surface area contributed by atoms with Gasteiger partial charge in [-0.1, -0.05) is 19.4 Å². The van der Waals surface area contributed by atoms with Gasteiger partial charge in [-0.2, -0.15) is 0 Å². The number of hydrogen-bond donors (Lipinski definition) is 4. The number of aliphatic hydroxyl groups is 2. The van der Waals surface area contributed by atoms with Gasteiger partial charge in [-0.15, -0.1) is 0 Å². The van der Waals surface area contributed by atoms with Crippen molar-refractivity contribution in [3.8, 4) is 0 Å². The van der Waals surface area contributed by atoms with Gasteiger partial charge in [0.25, 0.3) is 0 Å². The fourth-order valence-electron chi connectivity index (χ4n) is 10.1. The zero-order valence-electron chi connectivity index (χ0n) is 27.6. The lowest BCUT2D eigenvalue weighted by molar-refractivity contribution is -0.184. The third-order valence-corrected chi connectivity index (χ3v) is 12.5. The van der Waals surface area contributed by atoms with Crippen molar-refractivity contribution in [3.05, 3.63) is 11.6 Å². The van der Waals surface area contributed by atoms with Crippen LogP contribution < -0.4 is 5.32 Å². The third-order valence-electron chi connectivity index (χ3n) is 12.5. The summed E-state index contributed by atoms with van der Waals surface area (Å²) in [6, 6.07) is -0.600. The topological polar surface area (TPSA) is 177 Å². The molecular formula is C35H51NO10. The van der Waals surface area contributed by atoms with Crippen molar-refractivity contribution in [1.82, 2.24) is 5.32 Å². The number of aliphatic hydroxyl groups excluding tert-OH is 1. The van der Waals surface area contributed by atoms with Crippen LogP contribution in [0.2, 0.25) is 0 Å². The minimum Gasteiger partial charge on any atom is -0.481 e. The van der Waals surface area contributed by atoms with E-state index < -0.39 is 59.0 Å². The van der Waals surface area contributed by atoms with Gasteiger partial charge in [-0.05, 0) is 100 Å². The van der Waals surface area contributed by atoms with Crippen LogP contribution in [0.25, 0.3) is 0 Å². The van der Waals surface area contributed by atoms with Crippen molar-refractivity contribution < 1.29 is 48.8 Å². The standard InChI is InChI=1S/C35H51NO10/c1-32(2)17-20(11-14-46-32)25(16-29(41)42)36-28(40)7-8-30(43)45-19-27(39)35(44)13-10-24-23-6-5-21-15-22(37)9-12-33(21,3)31(23)26(38)18-34(24,35)4/h15,20,23-26,31,38,44H,5-14,16-19H2,1-4H3,(H,36,40)(H,41,42)/t20-,23-,24-,25+,26-,31+,33-,34-,35-/m0/s1. The molecule has 4 aliphatic carbocycles. The second-order valence-corrected chi connectivity index (χ2v) is 15.7.